The van der Waals surface area contributed by atoms with Crippen LogP contribution in [0.5, 0.6) is 5.75 Å². The van der Waals surface area contributed by atoms with Gasteiger partial charge in [0, 0.05) is 31.2 Å². The fourth-order valence-corrected chi connectivity index (χ4v) is 4.73. The van der Waals surface area contributed by atoms with Crippen LogP contribution in [0.15, 0.2) is 36.2 Å². The Bertz CT molecular complexity index is 749. The van der Waals surface area contributed by atoms with Crippen molar-refractivity contribution in [3.8, 4) is 5.75 Å². The molecule has 166 valence electrons. The van der Waals surface area contributed by atoms with Crippen molar-refractivity contribution < 1.29 is 18.7 Å². The van der Waals surface area contributed by atoms with Gasteiger partial charge in [0.15, 0.2) is 0 Å². The molecule has 3 saturated carbocycles. The van der Waals surface area contributed by atoms with Gasteiger partial charge in [-0.15, -0.1) is 0 Å². The van der Waals surface area contributed by atoms with Crippen molar-refractivity contribution in [1.29, 1.82) is 0 Å². The molecule has 1 aromatic rings. The van der Waals surface area contributed by atoms with Crippen LogP contribution in [0.4, 0.5) is 4.39 Å². The fraction of sp³-hybridized carbons (Fsp3) is 0.625. The first-order valence-corrected chi connectivity index (χ1v) is 10.8. The summed E-state index contributed by atoms with van der Waals surface area (Å²) >= 11 is 0. The minimum atomic E-state index is -0.353. The van der Waals surface area contributed by atoms with E-state index in [1.165, 1.54) is 5.56 Å². The third kappa shape index (κ3) is 4.70. The number of fused-ring (bicyclic) bond motifs is 3. The lowest BCUT2D eigenvalue weighted by Crippen LogP contribution is -2.53. The van der Waals surface area contributed by atoms with Crippen LogP contribution in [0.25, 0.3) is 0 Å². The van der Waals surface area contributed by atoms with Crippen molar-refractivity contribution in [2.45, 2.75) is 63.4 Å². The summed E-state index contributed by atoms with van der Waals surface area (Å²) in [7, 11) is 1.67. The van der Waals surface area contributed by atoms with E-state index in [1.807, 2.05) is 26.0 Å². The molecule has 0 radical (unpaired) electrons. The van der Waals surface area contributed by atoms with Gasteiger partial charge in [-0.1, -0.05) is 12.1 Å². The van der Waals surface area contributed by atoms with E-state index in [0.717, 1.165) is 38.5 Å². The molecule has 2 bridgehead atoms. The summed E-state index contributed by atoms with van der Waals surface area (Å²) in [5, 5.41) is 3.13. The molecule has 3 fully saturated rings. The number of benzene rings is 1. The van der Waals surface area contributed by atoms with Gasteiger partial charge in [0.1, 0.15) is 12.4 Å². The van der Waals surface area contributed by atoms with Gasteiger partial charge in [0.05, 0.1) is 11.9 Å². The fourth-order valence-electron chi connectivity index (χ4n) is 4.73. The molecule has 3 aliphatic carbocycles. The molecule has 30 heavy (non-hydrogen) atoms. The monoisotopic (exact) mass is 418 g/mol. The zero-order valence-corrected chi connectivity index (χ0v) is 18.4. The quantitative estimate of drug-likeness (QED) is 0.635. The van der Waals surface area contributed by atoms with Crippen LogP contribution < -0.4 is 15.8 Å². The van der Waals surface area contributed by atoms with Gasteiger partial charge in [-0.3, -0.25) is 4.79 Å². The van der Waals surface area contributed by atoms with E-state index in [4.69, 9.17) is 15.2 Å². The molecule has 0 heterocycles. The predicted octanol–water partition coefficient (Wildman–Crippen LogP) is 4.01. The van der Waals surface area contributed by atoms with E-state index in [1.54, 1.807) is 7.11 Å². The first kappa shape index (κ1) is 22.8. The standard InChI is InChI=1S/C24H35FN2O3/c1-22(2,29-3)17-27-21(28)24-11-8-23(9-12-24,10-13-24)19-4-6-20(7-5-19)30-16-18(14-25)15-26/h4-7,14H,8-13,15-17,26H2,1-3H3,(H,27,28)/b18-14+. The summed E-state index contributed by atoms with van der Waals surface area (Å²) in [6.07, 6.45) is 6.35. The molecule has 0 saturated heterocycles. The van der Waals surface area contributed by atoms with Gasteiger partial charge >= 0.3 is 0 Å². The number of nitrogens with two attached hydrogens (primary N) is 1. The number of methoxy groups -OCH3 is 1. The molecule has 3 aliphatic rings. The van der Waals surface area contributed by atoms with Gasteiger partial charge in [-0.2, -0.15) is 0 Å². The highest BCUT2D eigenvalue weighted by atomic mass is 19.1. The summed E-state index contributed by atoms with van der Waals surface area (Å²) in [5.41, 5.74) is 6.77. The van der Waals surface area contributed by atoms with Crippen molar-refractivity contribution in [2.24, 2.45) is 11.1 Å². The van der Waals surface area contributed by atoms with E-state index in [0.29, 0.717) is 24.2 Å². The Balaban J connectivity index is 1.60. The number of hydrogen-bond acceptors (Lipinski definition) is 4. The normalized spacial score (nSPS) is 26.5. The maximum Gasteiger partial charge on any atom is 0.226 e. The van der Waals surface area contributed by atoms with Gasteiger partial charge < -0.3 is 20.5 Å². The molecular formula is C24H35FN2O3. The Morgan fingerprint density at radius 3 is 2.27 bits per heavy atom. The maximum absolute atomic E-state index is 13.0. The molecule has 1 amide bonds. The Kier molecular flexibility index (Phi) is 6.88. The Morgan fingerprint density at radius 2 is 1.77 bits per heavy atom. The summed E-state index contributed by atoms with van der Waals surface area (Å²) in [5.74, 6) is 0.894. The van der Waals surface area contributed by atoms with Crippen LogP contribution >= 0.6 is 0 Å². The van der Waals surface area contributed by atoms with Crippen molar-refractivity contribution in [3.63, 3.8) is 0 Å². The van der Waals surface area contributed by atoms with Crippen LogP contribution in [-0.2, 0) is 14.9 Å². The second-order valence-electron chi connectivity index (χ2n) is 9.49. The van der Waals surface area contributed by atoms with Crippen molar-refractivity contribution in [2.75, 3.05) is 26.8 Å². The van der Waals surface area contributed by atoms with Gasteiger partial charge in [-0.05, 0) is 75.5 Å². The average molecular weight is 419 g/mol. The third-order valence-electron chi connectivity index (χ3n) is 7.26. The lowest BCUT2D eigenvalue weighted by atomic mass is 9.51. The third-order valence-corrected chi connectivity index (χ3v) is 7.26. The first-order chi connectivity index (χ1) is 14.3. The molecule has 0 unspecified atom stereocenters. The molecule has 0 aromatic heterocycles. The Hall–Kier alpha value is -1.92. The molecule has 5 nitrogen and oxygen atoms in total. The van der Waals surface area contributed by atoms with E-state index >= 15 is 0 Å². The predicted molar refractivity (Wildman–Crippen MR) is 116 cm³/mol. The lowest BCUT2D eigenvalue weighted by molar-refractivity contribution is -0.139. The van der Waals surface area contributed by atoms with Crippen molar-refractivity contribution >= 4 is 5.91 Å². The maximum atomic E-state index is 13.0. The molecule has 0 spiro atoms. The second-order valence-corrected chi connectivity index (χ2v) is 9.49. The second kappa shape index (κ2) is 9.06. The van der Waals surface area contributed by atoms with E-state index in [9.17, 15) is 9.18 Å². The molecule has 0 aliphatic heterocycles. The highest BCUT2D eigenvalue weighted by molar-refractivity contribution is 5.83. The number of rotatable bonds is 9. The molecule has 1 aromatic carbocycles. The molecule has 3 N–H and O–H groups in total. The van der Waals surface area contributed by atoms with Crippen LogP contribution in [0, 0.1) is 5.41 Å². The smallest absolute Gasteiger partial charge is 0.226 e. The summed E-state index contributed by atoms with van der Waals surface area (Å²) in [4.78, 5) is 13.0. The average Bonchev–Trinajstić information content (AvgIpc) is 2.79. The number of amides is 1. The van der Waals surface area contributed by atoms with Crippen LogP contribution in [-0.4, -0.2) is 38.3 Å². The minimum Gasteiger partial charge on any atom is -0.489 e. The van der Waals surface area contributed by atoms with Gasteiger partial charge in [0.25, 0.3) is 0 Å². The number of nitrogens with one attached hydrogen (secondary N) is 1. The molecule has 0 atom stereocenters. The van der Waals surface area contributed by atoms with Gasteiger partial charge in [0.2, 0.25) is 5.91 Å². The summed E-state index contributed by atoms with van der Waals surface area (Å²) < 4.78 is 23.7. The lowest BCUT2D eigenvalue weighted by Gasteiger charge is -2.53. The van der Waals surface area contributed by atoms with E-state index in [-0.39, 0.29) is 35.5 Å². The van der Waals surface area contributed by atoms with Gasteiger partial charge in [-0.25, -0.2) is 4.39 Å². The SMILES string of the molecule is COC(C)(C)CNC(=O)C12CCC(c3ccc(OC/C(=C/F)CN)cc3)(CC1)CC2. The number of hydrogen-bond donors (Lipinski definition) is 2. The topological polar surface area (TPSA) is 73.6 Å². The molecular weight excluding hydrogens is 383 g/mol. The largest absolute Gasteiger partial charge is 0.489 e. The zero-order valence-electron chi connectivity index (χ0n) is 18.4. The number of carbonyl (C=O) groups is 1. The van der Waals surface area contributed by atoms with Crippen molar-refractivity contribution in [1.82, 2.24) is 5.32 Å². The van der Waals surface area contributed by atoms with Crippen molar-refractivity contribution in [3.05, 3.63) is 41.7 Å². The number of ether oxygens (including phenoxy) is 2. The number of carbonyl (C=O) groups excluding carboxylic acids is 1. The molecule has 4 rings (SSSR count). The summed E-state index contributed by atoms with van der Waals surface area (Å²) in [6.45, 7) is 4.80. The zero-order chi connectivity index (χ0) is 21.8. The Morgan fingerprint density at radius 1 is 1.17 bits per heavy atom. The number of halogens is 1. The molecule has 6 heteroatoms. The minimum absolute atomic E-state index is 0.146. The summed E-state index contributed by atoms with van der Waals surface area (Å²) in [6, 6.07) is 8.14. The van der Waals surface area contributed by atoms with Crippen LogP contribution in [0.1, 0.15) is 57.9 Å². The highest BCUT2D eigenvalue weighted by Gasteiger charge is 2.52. The first-order valence-electron chi connectivity index (χ1n) is 10.8. The van der Waals surface area contributed by atoms with Crippen LogP contribution in [0.3, 0.4) is 0 Å². The van der Waals surface area contributed by atoms with Crippen LogP contribution in [0.2, 0.25) is 0 Å². The van der Waals surface area contributed by atoms with E-state index in [2.05, 4.69) is 17.4 Å². The van der Waals surface area contributed by atoms with E-state index < -0.39 is 0 Å². The highest BCUT2D eigenvalue weighted by Crippen LogP contribution is 2.57. The Labute approximate surface area is 179 Å².